The van der Waals surface area contributed by atoms with Gasteiger partial charge in [0.1, 0.15) is 0 Å². The van der Waals surface area contributed by atoms with E-state index in [-0.39, 0.29) is 18.0 Å². The van der Waals surface area contributed by atoms with Gasteiger partial charge in [-0.25, -0.2) is 0 Å². The van der Waals surface area contributed by atoms with Gasteiger partial charge in [0.2, 0.25) is 0 Å². The molecule has 0 unspecified atom stereocenters. The minimum Gasteiger partial charge on any atom is -0.387 e. The number of aliphatic hydroxyl groups is 1. The van der Waals surface area contributed by atoms with Gasteiger partial charge in [-0.2, -0.15) is 8.78 Å². The first-order valence-corrected chi connectivity index (χ1v) is 6.21. The van der Waals surface area contributed by atoms with Crippen LogP contribution in [0.5, 0.6) is 0 Å². The third-order valence-electron chi connectivity index (χ3n) is 3.69. The number of nitrogens with zero attached hydrogens (tertiary/aromatic N) is 1. The molecule has 0 saturated carbocycles. The maximum Gasteiger partial charge on any atom is 0.285 e. The summed E-state index contributed by atoms with van der Waals surface area (Å²) in [6, 6.07) is 7.83. The van der Waals surface area contributed by atoms with Gasteiger partial charge in [-0.3, -0.25) is 4.90 Å². The van der Waals surface area contributed by atoms with Crippen LogP contribution in [-0.4, -0.2) is 35.2 Å². The molecular formula is C14H19F2NO. The van der Waals surface area contributed by atoms with Crippen molar-refractivity contribution in [2.24, 2.45) is 5.92 Å². The Morgan fingerprint density at radius 2 is 1.83 bits per heavy atom. The Balaban J connectivity index is 1.96. The predicted molar refractivity (Wildman–Crippen MR) is 66.6 cm³/mol. The lowest BCUT2D eigenvalue weighted by Crippen LogP contribution is -2.65. The third-order valence-corrected chi connectivity index (χ3v) is 3.69. The Morgan fingerprint density at radius 3 is 2.33 bits per heavy atom. The molecule has 4 heteroatoms. The number of hydrogen-bond acceptors (Lipinski definition) is 2. The molecule has 2 nitrogen and oxygen atoms in total. The monoisotopic (exact) mass is 255 g/mol. The Kier molecular flexibility index (Phi) is 3.43. The summed E-state index contributed by atoms with van der Waals surface area (Å²) in [4.78, 5) is 1.60. The number of likely N-dealkylation sites (tertiary alicyclic amines) is 1. The second kappa shape index (κ2) is 4.59. The smallest absolute Gasteiger partial charge is 0.285 e. The molecule has 1 saturated heterocycles. The molecule has 0 radical (unpaired) electrons. The van der Waals surface area contributed by atoms with Crippen molar-refractivity contribution in [2.45, 2.75) is 25.4 Å². The Labute approximate surface area is 106 Å². The van der Waals surface area contributed by atoms with Crippen LogP contribution in [0.2, 0.25) is 0 Å². The zero-order chi connectivity index (χ0) is 13.4. The van der Waals surface area contributed by atoms with Crippen LogP contribution in [0.1, 0.15) is 19.4 Å². The minimum atomic E-state index is -2.86. The fourth-order valence-corrected chi connectivity index (χ4v) is 2.26. The molecule has 0 atom stereocenters. The van der Waals surface area contributed by atoms with Crippen molar-refractivity contribution >= 4 is 0 Å². The van der Waals surface area contributed by atoms with Gasteiger partial charge in [0.25, 0.3) is 5.92 Å². The van der Waals surface area contributed by atoms with E-state index < -0.39 is 11.5 Å². The molecule has 18 heavy (non-hydrogen) atoms. The van der Waals surface area contributed by atoms with Crippen LogP contribution in [0, 0.1) is 5.92 Å². The summed E-state index contributed by atoms with van der Waals surface area (Å²) in [7, 11) is 0. The number of β-amino-alcohol motifs (C(OH)–C–C–N with tert-alkyl or cyclic N) is 1. The highest BCUT2D eigenvalue weighted by molar-refractivity contribution is 5.20. The van der Waals surface area contributed by atoms with Crippen molar-refractivity contribution in [3.05, 3.63) is 35.9 Å². The highest BCUT2D eigenvalue weighted by Crippen LogP contribution is 2.34. The molecule has 1 aromatic rings. The van der Waals surface area contributed by atoms with Crippen LogP contribution in [0.3, 0.4) is 0 Å². The number of hydrogen-bond donors (Lipinski definition) is 1. The molecule has 0 bridgehead atoms. The highest BCUT2D eigenvalue weighted by atomic mass is 19.3. The standard InChI is InChI=1S/C14H19F2NO/c1-11(2)13(18)8-17(9-13)10-14(15,16)12-6-4-3-5-7-12/h3-7,11,18H,8-10H2,1-2H3. The van der Waals surface area contributed by atoms with Crippen molar-refractivity contribution in [1.29, 1.82) is 0 Å². The zero-order valence-electron chi connectivity index (χ0n) is 10.7. The molecule has 1 aromatic carbocycles. The molecule has 0 aromatic heterocycles. The first-order valence-electron chi connectivity index (χ1n) is 6.21. The Morgan fingerprint density at radius 1 is 1.28 bits per heavy atom. The van der Waals surface area contributed by atoms with Crippen molar-refractivity contribution in [3.8, 4) is 0 Å². The normalized spacial score (nSPS) is 19.9. The van der Waals surface area contributed by atoms with E-state index in [0.29, 0.717) is 13.1 Å². The van der Waals surface area contributed by atoms with E-state index >= 15 is 0 Å². The van der Waals surface area contributed by atoms with Gasteiger partial charge in [0.15, 0.2) is 0 Å². The van der Waals surface area contributed by atoms with E-state index in [1.54, 1.807) is 23.1 Å². The fourth-order valence-electron chi connectivity index (χ4n) is 2.26. The summed E-state index contributed by atoms with van der Waals surface area (Å²) in [6.45, 7) is 4.14. The van der Waals surface area contributed by atoms with Gasteiger partial charge in [0, 0.05) is 18.7 Å². The Bertz CT molecular complexity index is 400. The highest BCUT2D eigenvalue weighted by Gasteiger charge is 2.47. The second-order valence-corrected chi connectivity index (χ2v) is 5.47. The molecule has 1 aliphatic heterocycles. The van der Waals surface area contributed by atoms with Crippen LogP contribution in [0.25, 0.3) is 0 Å². The van der Waals surface area contributed by atoms with Crippen LogP contribution in [-0.2, 0) is 5.92 Å². The van der Waals surface area contributed by atoms with Crippen LogP contribution >= 0.6 is 0 Å². The van der Waals surface area contributed by atoms with Crippen molar-refractivity contribution in [2.75, 3.05) is 19.6 Å². The quantitative estimate of drug-likeness (QED) is 0.893. The summed E-state index contributed by atoms with van der Waals surface area (Å²) in [5.41, 5.74) is -0.766. The molecule has 100 valence electrons. The number of alkyl halides is 2. The summed E-state index contributed by atoms with van der Waals surface area (Å²) in [5, 5.41) is 10.0. The molecular weight excluding hydrogens is 236 g/mol. The average molecular weight is 255 g/mol. The summed E-state index contributed by atoms with van der Waals surface area (Å²) in [6.07, 6.45) is 0. The number of benzene rings is 1. The lowest BCUT2D eigenvalue weighted by molar-refractivity contribution is -0.157. The van der Waals surface area contributed by atoms with Gasteiger partial charge < -0.3 is 5.11 Å². The molecule has 0 spiro atoms. The van der Waals surface area contributed by atoms with Crippen molar-refractivity contribution in [3.63, 3.8) is 0 Å². The molecule has 0 amide bonds. The van der Waals surface area contributed by atoms with E-state index in [2.05, 4.69) is 0 Å². The number of rotatable bonds is 4. The molecule has 1 heterocycles. The van der Waals surface area contributed by atoms with E-state index in [0.717, 1.165) is 0 Å². The van der Waals surface area contributed by atoms with Crippen LogP contribution < -0.4 is 0 Å². The lowest BCUT2D eigenvalue weighted by atomic mass is 9.82. The first-order chi connectivity index (χ1) is 8.33. The van der Waals surface area contributed by atoms with Crippen molar-refractivity contribution in [1.82, 2.24) is 4.90 Å². The lowest BCUT2D eigenvalue weighted by Gasteiger charge is -2.50. The summed E-state index contributed by atoms with van der Waals surface area (Å²) in [5.74, 6) is -2.77. The van der Waals surface area contributed by atoms with Crippen molar-refractivity contribution < 1.29 is 13.9 Å². The summed E-state index contributed by atoms with van der Waals surface area (Å²) >= 11 is 0. The molecule has 0 aliphatic carbocycles. The maximum atomic E-state index is 14.0. The van der Waals surface area contributed by atoms with E-state index in [1.807, 2.05) is 13.8 Å². The van der Waals surface area contributed by atoms with E-state index in [9.17, 15) is 13.9 Å². The number of halogens is 2. The van der Waals surface area contributed by atoms with Crippen LogP contribution in [0.15, 0.2) is 30.3 Å². The van der Waals surface area contributed by atoms with Crippen LogP contribution in [0.4, 0.5) is 8.78 Å². The average Bonchev–Trinajstić information content (AvgIpc) is 2.27. The summed E-state index contributed by atoms with van der Waals surface area (Å²) < 4.78 is 27.9. The molecule has 2 rings (SSSR count). The maximum absolute atomic E-state index is 14.0. The second-order valence-electron chi connectivity index (χ2n) is 5.47. The van der Waals surface area contributed by atoms with Gasteiger partial charge in [-0.1, -0.05) is 44.2 Å². The largest absolute Gasteiger partial charge is 0.387 e. The Hall–Kier alpha value is -1.00. The van der Waals surface area contributed by atoms with Gasteiger partial charge in [-0.05, 0) is 5.92 Å². The minimum absolute atomic E-state index is 0.0324. The fraction of sp³-hybridized carbons (Fsp3) is 0.571. The predicted octanol–water partition coefficient (Wildman–Crippen LogP) is 2.48. The van der Waals surface area contributed by atoms with Gasteiger partial charge >= 0.3 is 0 Å². The zero-order valence-corrected chi connectivity index (χ0v) is 10.7. The third kappa shape index (κ3) is 2.54. The van der Waals surface area contributed by atoms with E-state index in [1.165, 1.54) is 12.1 Å². The molecule has 1 fully saturated rings. The van der Waals surface area contributed by atoms with Gasteiger partial charge in [0.05, 0.1) is 12.1 Å². The van der Waals surface area contributed by atoms with Gasteiger partial charge in [-0.15, -0.1) is 0 Å². The van der Waals surface area contributed by atoms with E-state index in [4.69, 9.17) is 0 Å². The first kappa shape index (κ1) is 13.4. The molecule has 1 N–H and O–H groups in total. The molecule has 1 aliphatic rings. The topological polar surface area (TPSA) is 23.5 Å². The SMILES string of the molecule is CC(C)C1(O)CN(CC(F)(F)c2ccccc2)C1.